The van der Waals surface area contributed by atoms with E-state index in [2.05, 4.69) is 10.1 Å². The maximum Gasteiger partial charge on any atom is 0.304 e. The normalized spacial score (nSPS) is 13.4. The van der Waals surface area contributed by atoms with E-state index in [1.54, 1.807) is 6.92 Å². The Morgan fingerprint density at radius 1 is 1.06 bits per heavy atom. The van der Waals surface area contributed by atoms with Crippen LogP contribution in [0.3, 0.4) is 0 Å². The standard InChI is InChI=1S/C21H34N2O9S2/c1-2-16(22)19(27)11-15(12-20(28)29)21(30)23-17(13-34-33-10-9-32-14-25)18(26)5-3-7-31-8-4-6-24/h6,14-17H,2-5,7-13,22H2,1H3,(H,23,30)(H,28,29)/t15-,16-,17-/m0/s1. The minimum absolute atomic E-state index is 0.106. The molecule has 3 atom stereocenters. The molecule has 0 radical (unpaired) electrons. The van der Waals surface area contributed by atoms with Gasteiger partial charge in [-0.05, 0) is 12.8 Å². The highest BCUT2D eigenvalue weighted by atomic mass is 33.1. The molecule has 0 aliphatic rings. The molecule has 11 nitrogen and oxygen atoms in total. The molecule has 0 spiro atoms. The predicted octanol–water partition coefficient (Wildman–Crippen LogP) is 0.768. The highest BCUT2D eigenvalue weighted by molar-refractivity contribution is 8.76. The largest absolute Gasteiger partial charge is 0.481 e. The van der Waals surface area contributed by atoms with Gasteiger partial charge in [0.25, 0.3) is 6.47 Å². The number of nitrogens with two attached hydrogens (primary N) is 1. The van der Waals surface area contributed by atoms with E-state index in [0.717, 1.165) is 6.29 Å². The Hall–Kier alpha value is -1.96. The number of rotatable bonds is 23. The number of ether oxygens (including phenoxy) is 2. The molecule has 0 unspecified atom stereocenters. The van der Waals surface area contributed by atoms with Crippen molar-refractivity contribution in [3.8, 4) is 0 Å². The predicted molar refractivity (Wildman–Crippen MR) is 128 cm³/mol. The number of aliphatic carboxylic acids is 1. The van der Waals surface area contributed by atoms with Crippen molar-refractivity contribution >= 4 is 57.8 Å². The van der Waals surface area contributed by atoms with Gasteiger partial charge in [-0.2, -0.15) is 0 Å². The van der Waals surface area contributed by atoms with E-state index < -0.39 is 42.1 Å². The summed E-state index contributed by atoms with van der Waals surface area (Å²) in [5.41, 5.74) is 5.71. The van der Waals surface area contributed by atoms with Crippen LogP contribution in [-0.2, 0) is 38.2 Å². The molecule has 0 aliphatic heterocycles. The number of carbonyl (C=O) groups is 6. The number of carbonyl (C=O) groups excluding carboxylic acids is 5. The van der Waals surface area contributed by atoms with Gasteiger partial charge in [-0.1, -0.05) is 28.5 Å². The first-order valence-electron chi connectivity index (χ1n) is 10.9. The molecule has 0 bridgehead atoms. The number of ketones is 2. The van der Waals surface area contributed by atoms with Gasteiger partial charge in [0.05, 0.1) is 31.0 Å². The minimum atomic E-state index is -1.24. The van der Waals surface area contributed by atoms with E-state index in [1.807, 2.05) is 0 Å². The van der Waals surface area contributed by atoms with Gasteiger partial charge in [-0.25, -0.2) is 0 Å². The molecule has 0 aromatic rings. The van der Waals surface area contributed by atoms with Crippen molar-refractivity contribution in [2.45, 2.75) is 57.5 Å². The fourth-order valence-electron chi connectivity index (χ4n) is 2.66. The Balaban J connectivity index is 5.07. The number of hydrogen-bond donors (Lipinski definition) is 3. The quantitative estimate of drug-likeness (QED) is 0.0976. The SMILES string of the molecule is CC[C@H](N)C(=O)C[C@@H](CC(=O)O)C(=O)N[C@@H](CSSCCOC=O)C(=O)CCCOCCC=O. The summed E-state index contributed by atoms with van der Waals surface area (Å²) in [7, 11) is 2.64. The fraction of sp³-hybridized carbons (Fsp3) is 0.714. The molecule has 0 saturated carbocycles. The van der Waals surface area contributed by atoms with Crippen LogP contribution in [0.15, 0.2) is 0 Å². The molecule has 1 amide bonds. The first-order chi connectivity index (χ1) is 16.3. The minimum Gasteiger partial charge on any atom is -0.481 e. The van der Waals surface area contributed by atoms with Gasteiger partial charge in [-0.3, -0.25) is 24.0 Å². The van der Waals surface area contributed by atoms with Crippen LogP contribution in [0.25, 0.3) is 0 Å². The lowest BCUT2D eigenvalue weighted by Gasteiger charge is -2.21. The first kappa shape index (κ1) is 32.0. The van der Waals surface area contributed by atoms with Crippen LogP contribution in [0.5, 0.6) is 0 Å². The average molecular weight is 523 g/mol. The molecule has 0 aromatic heterocycles. The summed E-state index contributed by atoms with van der Waals surface area (Å²) >= 11 is 0. The highest BCUT2D eigenvalue weighted by Crippen LogP contribution is 2.23. The van der Waals surface area contributed by atoms with Crippen LogP contribution in [0, 0.1) is 5.92 Å². The zero-order valence-electron chi connectivity index (χ0n) is 19.3. The molecule has 4 N–H and O–H groups in total. The van der Waals surface area contributed by atoms with E-state index in [0.29, 0.717) is 25.1 Å². The Labute approximate surface area is 207 Å². The Morgan fingerprint density at radius 3 is 2.41 bits per heavy atom. The molecule has 194 valence electrons. The molecule has 0 fully saturated rings. The molecule has 0 aliphatic carbocycles. The van der Waals surface area contributed by atoms with Crippen LogP contribution >= 0.6 is 21.6 Å². The number of Topliss-reactive ketones (excluding diaryl/α,β-unsaturated/α-hetero) is 2. The van der Waals surface area contributed by atoms with Gasteiger partial charge in [0.1, 0.15) is 18.7 Å². The second kappa shape index (κ2) is 20.4. The Kier molecular flexibility index (Phi) is 19.2. The molecule has 34 heavy (non-hydrogen) atoms. The van der Waals surface area contributed by atoms with E-state index in [1.165, 1.54) is 21.6 Å². The molecule has 13 heteroatoms. The second-order valence-electron chi connectivity index (χ2n) is 7.25. The van der Waals surface area contributed by atoms with Gasteiger partial charge < -0.3 is 30.4 Å². The third-order valence-corrected chi connectivity index (χ3v) is 6.94. The third-order valence-electron chi connectivity index (χ3n) is 4.56. The number of nitrogens with one attached hydrogen (secondary N) is 1. The smallest absolute Gasteiger partial charge is 0.304 e. The summed E-state index contributed by atoms with van der Waals surface area (Å²) in [6.45, 7) is 2.78. The van der Waals surface area contributed by atoms with Crippen molar-refractivity contribution < 1.29 is 43.3 Å². The zero-order valence-corrected chi connectivity index (χ0v) is 20.9. The van der Waals surface area contributed by atoms with Crippen LogP contribution in [0.1, 0.15) is 45.4 Å². The van der Waals surface area contributed by atoms with E-state index in [4.69, 9.17) is 15.6 Å². The first-order valence-corrected chi connectivity index (χ1v) is 13.4. The van der Waals surface area contributed by atoms with Crippen molar-refractivity contribution in [2.75, 3.05) is 31.3 Å². The third kappa shape index (κ3) is 15.8. The number of carboxylic acids is 1. The van der Waals surface area contributed by atoms with Crippen LogP contribution < -0.4 is 11.1 Å². The zero-order chi connectivity index (χ0) is 25.8. The van der Waals surface area contributed by atoms with Crippen LogP contribution in [0.4, 0.5) is 0 Å². The van der Waals surface area contributed by atoms with Crippen LogP contribution in [0.2, 0.25) is 0 Å². The monoisotopic (exact) mass is 522 g/mol. The molecular formula is C21H34N2O9S2. The van der Waals surface area contributed by atoms with Gasteiger partial charge in [0.2, 0.25) is 5.91 Å². The Morgan fingerprint density at radius 2 is 1.79 bits per heavy atom. The number of carboxylic acid groups (broad SMARTS) is 1. The maximum atomic E-state index is 12.8. The van der Waals surface area contributed by atoms with E-state index in [9.17, 15) is 28.8 Å². The highest BCUT2D eigenvalue weighted by Gasteiger charge is 2.30. The molecule has 0 rings (SSSR count). The van der Waals surface area contributed by atoms with Gasteiger partial charge >= 0.3 is 5.97 Å². The summed E-state index contributed by atoms with van der Waals surface area (Å²) in [5.74, 6) is -3.10. The molecular weight excluding hydrogens is 488 g/mol. The van der Waals surface area contributed by atoms with Crippen molar-refractivity contribution in [3.63, 3.8) is 0 Å². The Bertz CT molecular complexity index is 664. The van der Waals surface area contributed by atoms with E-state index in [-0.39, 0.29) is 50.6 Å². The van der Waals surface area contributed by atoms with Crippen molar-refractivity contribution in [1.82, 2.24) is 5.32 Å². The number of hydrogen-bond acceptors (Lipinski definition) is 11. The van der Waals surface area contributed by atoms with Crippen molar-refractivity contribution in [2.24, 2.45) is 11.7 Å². The second-order valence-corrected chi connectivity index (χ2v) is 9.88. The maximum absolute atomic E-state index is 12.8. The number of aldehydes is 1. The summed E-state index contributed by atoms with van der Waals surface area (Å²) < 4.78 is 9.84. The summed E-state index contributed by atoms with van der Waals surface area (Å²) in [6, 6.07) is -1.69. The summed E-state index contributed by atoms with van der Waals surface area (Å²) in [4.78, 5) is 69.4. The van der Waals surface area contributed by atoms with E-state index >= 15 is 0 Å². The lowest BCUT2D eigenvalue weighted by molar-refractivity contribution is -0.142. The van der Waals surface area contributed by atoms with Gasteiger partial charge in [0, 0.05) is 37.4 Å². The molecule has 0 heterocycles. The lowest BCUT2D eigenvalue weighted by atomic mass is 9.93. The summed E-state index contributed by atoms with van der Waals surface area (Å²) in [5, 5.41) is 11.8. The van der Waals surface area contributed by atoms with Gasteiger partial charge in [-0.15, -0.1) is 0 Å². The average Bonchev–Trinajstić information content (AvgIpc) is 2.80. The number of amides is 1. The van der Waals surface area contributed by atoms with Crippen molar-refractivity contribution in [3.05, 3.63) is 0 Å². The molecule has 0 aromatic carbocycles. The summed E-state index contributed by atoms with van der Waals surface area (Å²) in [6.07, 6.45) is 0.954. The van der Waals surface area contributed by atoms with Crippen molar-refractivity contribution in [1.29, 1.82) is 0 Å². The van der Waals surface area contributed by atoms with Gasteiger partial charge in [0.15, 0.2) is 5.78 Å². The van der Waals surface area contributed by atoms with Crippen LogP contribution in [-0.4, -0.2) is 84.7 Å². The topological polar surface area (TPSA) is 179 Å². The fourth-order valence-corrected chi connectivity index (χ4v) is 4.69. The molecule has 0 saturated heterocycles. The lowest BCUT2D eigenvalue weighted by Crippen LogP contribution is -2.46.